The number of hydrogen-bond acceptors (Lipinski definition) is 5. The first kappa shape index (κ1) is 15.2. The lowest BCUT2D eigenvalue weighted by molar-refractivity contribution is 0.0480. The number of nitrogens with one attached hydrogen (secondary N) is 1. The number of cyclic esters (lactones) is 1. The first-order chi connectivity index (χ1) is 11.1. The maximum atomic E-state index is 12.2. The molecule has 1 aromatic rings. The minimum atomic E-state index is -0.403. The van der Waals surface area contributed by atoms with Gasteiger partial charge >= 0.3 is 5.97 Å². The summed E-state index contributed by atoms with van der Waals surface area (Å²) in [5.74, 6) is 1.98. The quantitative estimate of drug-likeness (QED) is 0.645. The molecule has 2 aliphatic heterocycles. The van der Waals surface area contributed by atoms with E-state index in [1.54, 1.807) is 12.1 Å². The summed E-state index contributed by atoms with van der Waals surface area (Å²) in [5, 5.41) is 10.9. The molecular weight excluding hydrogens is 294 g/mol. The third kappa shape index (κ3) is 3.39. The standard InChI is InChI=1S/C17H17N3O3/c1-2-3-7-17(19-20-17)8-9-18-15(21)13-5-4-12-6-10-23-16(22)14(12)11-13/h1,4-5,11H,3,6-10H2,(H,18,21). The fourth-order valence-electron chi connectivity index (χ4n) is 2.60. The van der Waals surface area contributed by atoms with Gasteiger partial charge in [0.05, 0.1) is 12.2 Å². The second kappa shape index (κ2) is 6.21. The zero-order chi connectivity index (χ0) is 16.3. The van der Waals surface area contributed by atoms with E-state index in [2.05, 4.69) is 21.5 Å². The molecule has 118 valence electrons. The molecule has 6 heteroatoms. The summed E-state index contributed by atoms with van der Waals surface area (Å²) in [7, 11) is 0. The van der Waals surface area contributed by atoms with Crippen LogP contribution in [-0.4, -0.2) is 30.7 Å². The lowest BCUT2D eigenvalue weighted by Crippen LogP contribution is -2.29. The largest absolute Gasteiger partial charge is 0.462 e. The van der Waals surface area contributed by atoms with Crippen LogP contribution >= 0.6 is 0 Å². The summed E-state index contributed by atoms with van der Waals surface area (Å²) in [6, 6.07) is 5.13. The maximum absolute atomic E-state index is 12.2. The van der Waals surface area contributed by atoms with Crippen molar-refractivity contribution in [2.75, 3.05) is 13.2 Å². The lowest BCUT2D eigenvalue weighted by atomic mass is 9.99. The van der Waals surface area contributed by atoms with Crippen LogP contribution < -0.4 is 5.32 Å². The molecule has 0 bridgehead atoms. The van der Waals surface area contributed by atoms with E-state index < -0.39 is 5.66 Å². The highest BCUT2D eigenvalue weighted by Gasteiger charge is 2.38. The number of ether oxygens (including phenoxy) is 1. The molecule has 1 N–H and O–H groups in total. The Hall–Kier alpha value is -2.68. The van der Waals surface area contributed by atoms with E-state index >= 15 is 0 Å². The lowest BCUT2D eigenvalue weighted by Gasteiger charge is -2.16. The van der Waals surface area contributed by atoms with Gasteiger partial charge in [-0.15, -0.1) is 12.3 Å². The van der Waals surface area contributed by atoms with Crippen LogP contribution in [0.1, 0.15) is 45.5 Å². The maximum Gasteiger partial charge on any atom is 0.338 e. The predicted molar refractivity (Wildman–Crippen MR) is 83.0 cm³/mol. The van der Waals surface area contributed by atoms with Crippen LogP contribution in [0.15, 0.2) is 28.4 Å². The third-order valence-corrected chi connectivity index (χ3v) is 4.06. The number of carbonyl (C=O) groups excluding carboxylic acids is 2. The summed E-state index contributed by atoms with van der Waals surface area (Å²) < 4.78 is 5.00. The van der Waals surface area contributed by atoms with E-state index in [0.717, 1.165) is 5.56 Å². The Bertz CT molecular complexity index is 712. The van der Waals surface area contributed by atoms with Gasteiger partial charge in [0.1, 0.15) is 0 Å². The smallest absolute Gasteiger partial charge is 0.338 e. The van der Waals surface area contributed by atoms with Crippen LogP contribution in [0, 0.1) is 12.3 Å². The van der Waals surface area contributed by atoms with Crippen molar-refractivity contribution in [3.8, 4) is 12.3 Å². The van der Waals surface area contributed by atoms with E-state index in [1.807, 2.05) is 6.07 Å². The topological polar surface area (TPSA) is 80.1 Å². The van der Waals surface area contributed by atoms with Gasteiger partial charge in [-0.3, -0.25) is 4.79 Å². The number of esters is 1. The van der Waals surface area contributed by atoms with Gasteiger partial charge < -0.3 is 10.1 Å². The van der Waals surface area contributed by atoms with Crippen molar-refractivity contribution in [2.45, 2.75) is 31.3 Å². The zero-order valence-electron chi connectivity index (χ0n) is 12.7. The summed E-state index contributed by atoms with van der Waals surface area (Å²) in [6.45, 7) is 0.849. The Balaban J connectivity index is 1.56. The van der Waals surface area contributed by atoms with Crippen LogP contribution in [0.25, 0.3) is 0 Å². The molecule has 0 unspecified atom stereocenters. The summed E-state index contributed by atoms with van der Waals surface area (Å²) >= 11 is 0. The number of fused-ring (bicyclic) bond motifs is 1. The van der Waals surface area contributed by atoms with E-state index in [9.17, 15) is 9.59 Å². The fraction of sp³-hybridized carbons (Fsp3) is 0.412. The fourth-order valence-corrected chi connectivity index (χ4v) is 2.60. The van der Waals surface area contributed by atoms with Gasteiger partial charge in [0.15, 0.2) is 5.66 Å². The zero-order valence-corrected chi connectivity index (χ0v) is 12.7. The van der Waals surface area contributed by atoms with Crippen molar-refractivity contribution in [3.63, 3.8) is 0 Å². The number of hydrogen-bond donors (Lipinski definition) is 1. The number of terminal acetylenes is 1. The van der Waals surface area contributed by atoms with Gasteiger partial charge in [-0.2, -0.15) is 10.2 Å². The molecular formula is C17H17N3O3. The van der Waals surface area contributed by atoms with Crippen molar-refractivity contribution in [3.05, 3.63) is 34.9 Å². The van der Waals surface area contributed by atoms with Crippen molar-refractivity contribution >= 4 is 11.9 Å². The molecule has 3 rings (SSSR count). The second-order valence-electron chi connectivity index (χ2n) is 5.65. The highest BCUT2D eigenvalue weighted by atomic mass is 16.5. The monoisotopic (exact) mass is 311 g/mol. The Morgan fingerprint density at radius 3 is 2.96 bits per heavy atom. The molecule has 0 radical (unpaired) electrons. The molecule has 1 aromatic carbocycles. The highest BCUT2D eigenvalue weighted by molar-refractivity contribution is 5.99. The van der Waals surface area contributed by atoms with Gasteiger partial charge in [0.25, 0.3) is 5.91 Å². The minimum absolute atomic E-state index is 0.223. The van der Waals surface area contributed by atoms with E-state index in [1.165, 1.54) is 0 Å². The number of rotatable bonds is 6. The number of amides is 1. The minimum Gasteiger partial charge on any atom is -0.462 e. The summed E-state index contributed by atoms with van der Waals surface area (Å²) in [5.41, 5.74) is 1.44. The predicted octanol–water partition coefficient (Wildman–Crippen LogP) is 2.09. The van der Waals surface area contributed by atoms with Crippen LogP contribution in [-0.2, 0) is 11.2 Å². The van der Waals surface area contributed by atoms with Gasteiger partial charge in [-0.05, 0) is 17.7 Å². The normalized spacial score (nSPS) is 16.9. The van der Waals surface area contributed by atoms with E-state index in [0.29, 0.717) is 50.0 Å². The van der Waals surface area contributed by atoms with Crippen molar-refractivity contribution in [1.29, 1.82) is 0 Å². The molecule has 0 saturated carbocycles. The van der Waals surface area contributed by atoms with E-state index in [4.69, 9.17) is 11.2 Å². The molecule has 23 heavy (non-hydrogen) atoms. The molecule has 0 fully saturated rings. The van der Waals surface area contributed by atoms with Crippen LogP contribution in [0.2, 0.25) is 0 Å². The van der Waals surface area contributed by atoms with Crippen LogP contribution in [0.4, 0.5) is 0 Å². The van der Waals surface area contributed by atoms with Gasteiger partial charge in [0.2, 0.25) is 0 Å². The Labute approximate surface area is 134 Å². The van der Waals surface area contributed by atoms with Crippen LogP contribution in [0.5, 0.6) is 0 Å². The molecule has 2 aliphatic rings. The molecule has 0 aliphatic carbocycles. The van der Waals surface area contributed by atoms with Crippen molar-refractivity contribution in [1.82, 2.24) is 5.32 Å². The molecule has 0 aromatic heterocycles. The molecule has 1 amide bonds. The molecule has 0 saturated heterocycles. The van der Waals surface area contributed by atoms with Gasteiger partial charge in [0, 0.05) is 37.8 Å². The van der Waals surface area contributed by atoms with Crippen molar-refractivity contribution in [2.24, 2.45) is 10.2 Å². The summed E-state index contributed by atoms with van der Waals surface area (Å²) in [4.78, 5) is 23.9. The SMILES string of the molecule is C#CCCC1(CCNC(=O)c2ccc3c(c2)C(=O)OCC3)N=N1. The van der Waals surface area contributed by atoms with Crippen LogP contribution in [0.3, 0.4) is 0 Å². The average molecular weight is 311 g/mol. The second-order valence-corrected chi connectivity index (χ2v) is 5.65. The Morgan fingerprint density at radius 2 is 2.22 bits per heavy atom. The third-order valence-electron chi connectivity index (χ3n) is 4.06. The number of nitrogens with zero attached hydrogens (tertiary/aromatic N) is 2. The molecule has 2 heterocycles. The molecule has 0 atom stereocenters. The first-order valence-corrected chi connectivity index (χ1v) is 7.59. The average Bonchev–Trinajstić information content (AvgIpc) is 3.33. The van der Waals surface area contributed by atoms with Gasteiger partial charge in [-0.25, -0.2) is 4.79 Å². The summed E-state index contributed by atoms with van der Waals surface area (Å²) in [6.07, 6.45) is 7.89. The first-order valence-electron chi connectivity index (χ1n) is 7.59. The van der Waals surface area contributed by atoms with Crippen molar-refractivity contribution < 1.29 is 14.3 Å². The Morgan fingerprint density at radius 1 is 1.39 bits per heavy atom. The molecule has 0 spiro atoms. The Kier molecular flexibility index (Phi) is 4.11. The van der Waals surface area contributed by atoms with Gasteiger partial charge in [-0.1, -0.05) is 6.07 Å². The highest BCUT2D eigenvalue weighted by Crippen LogP contribution is 2.36. The number of carbonyl (C=O) groups is 2. The van der Waals surface area contributed by atoms with E-state index in [-0.39, 0.29) is 11.9 Å². The number of benzene rings is 1. The molecule has 6 nitrogen and oxygen atoms in total.